The molecule has 1 aromatic carbocycles. The Morgan fingerprint density at radius 3 is 2.23 bits per heavy atom. The van der Waals surface area contributed by atoms with Gasteiger partial charge in [-0.15, -0.1) is 0 Å². The molecule has 118 valence electrons. The van der Waals surface area contributed by atoms with Crippen molar-refractivity contribution in [3.63, 3.8) is 0 Å². The lowest BCUT2D eigenvalue weighted by molar-refractivity contribution is -0.113. The van der Waals surface area contributed by atoms with Crippen LogP contribution in [-0.4, -0.2) is 11.6 Å². The van der Waals surface area contributed by atoms with Crippen LogP contribution in [0.15, 0.2) is 30.3 Å². The van der Waals surface area contributed by atoms with Crippen molar-refractivity contribution >= 4 is 11.7 Å². The highest BCUT2D eigenvalue weighted by Gasteiger charge is 2.60. The summed E-state index contributed by atoms with van der Waals surface area (Å²) < 4.78 is 0. The minimum atomic E-state index is -0.0413. The Hall–Kier alpha value is -1.51. The summed E-state index contributed by atoms with van der Waals surface area (Å²) in [7, 11) is 0. The van der Waals surface area contributed by atoms with Crippen molar-refractivity contribution in [3.8, 4) is 0 Å². The van der Waals surface area contributed by atoms with Gasteiger partial charge in [-0.05, 0) is 67.4 Å². The van der Waals surface area contributed by atoms with Crippen molar-refractivity contribution in [3.05, 3.63) is 30.3 Å². The fourth-order valence-electron chi connectivity index (χ4n) is 6.51. The molecule has 0 aromatic heterocycles. The molecule has 0 unspecified atom stereocenters. The van der Waals surface area contributed by atoms with Gasteiger partial charge in [0.1, 0.15) is 0 Å². The number of carbonyl (C=O) groups is 1. The van der Waals surface area contributed by atoms with Crippen molar-refractivity contribution in [2.75, 3.05) is 5.32 Å². The van der Waals surface area contributed by atoms with E-state index in [-0.39, 0.29) is 11.6 Å². The maximum atomic E-state index is 12.5. The summed E-state index contributed by atoms with van der Waals surface area (Å²) >= 11 is 0. The highest BCUT2D eigenvalue weighted by atomic mass is 16.2. The van der Waals surface area contributed by atoms with Crippen LogP contribution >= 0.6 is 0 Å². The first kappa shape index (κ1) is 14.1. The van der Waals surface area contributed by atoms with Gasteiger partial charge in [-0.1, -0.05) is 32.0 Å². The van der Waals surface area contributed by atoms with Crippen LogP contribution in [0.2, 0.25) is 0 Å². The molecule has 4 aliphatic carbocycles. The number of carbonyl (C=O) groups excluding carboxylic acids is 1. The topological polar surface area (TPSA) is 41.1 Å². The van der Waals surface area contributed by atoms with Crippen molar-refractivity contribution in [2.24, 2.45) is 16.7 Å². The molecule has 4 aliphatic rings. The SMILES string of the molecule is C[C@]12CC3CC(NC(=O)Nc4ccccc4)(C1)C[C@](C)(C3)C2. The number of para-hydroxylation sites is 1. The second-order valence-corrected chi connectivity index (χ2v) is 8.86. The number of benzene rings is 1. The van der Waals surface area contributed by atoms with Gasteiger partial charge in [0.05, 0.1) is 0 Å². The first-order valence-corrected chi connectivity index (χ1v) is 8.52. The number of hydrogen-bond acceptors (Lipinski definition) is 1. The predicted octanol–water partition coefficient (Wildman–Crippen LogP) is 4.56. The summed E-state index contributed by atoms with van der Waals surface area (Å²) in [6.07, 6.45) is 7.50. The van der Waals surface area contributed by atoms with Gasteiger partial charge in [-0.3, -0.25) is 0 Å². The van der Waals surface area contributed by atoms with Crippen LogP contribution in [-0.2, 0) is 0 Å². The van der Waals surface area contributed by atoms with E-state index in [4.69, 9.17) is 0 Å². The average Bonchev–Trinajstić information content (AvgIpc) is 2.34. The number of hydrogen-bond donors (Lipinski definition) is 2. The van der Waals surface area contributed by atoms with E-state index in [1.54, 1.807) is 0 Å². The summed E-state index contributed by atoms with van der Waals surface area (Å²) in [4.78, 5) is 12.5. The lowest BCUT2D eigenvalue weighted by Crippen LogP contribution is -2.65. The first-order chi connectivity index (χ1) is 10.4. The molecule has 4 fully saturated rings. The van der Waals surface area contributed by atoms with Gasteiger partial charge >= 0.3 is 6.03 Å². The molecule has 2 atom stereocenters. The summed E-state index contributed by atoms with van der Waals surface area (Å²) in [5, 5.41) is 6.37. The average molecular weight is 298 g/mol. The molecule has 4 saturated carbocycles. The van der Waals surface area contributed by atoms with Gasteiger partial charge in [0.15, 0.2) is 0 Å². The standard InChI is InChI=1S/C19H26N2O/c1-17-8-14-9-18(2,11-17)13-19(10-14,12-17)21-16(22)20-15-6-4-3-5-7-15/h3-7,14H,8-13H2,1-2H3,(H2,20,21,22)/t14?,17-,18-,19?/m1/s1. The first-order valence-electron chi connectivity index (χ1n) is 8.52. The molecular weight excluding hydrogens is 272 g/mol. The zero-order valence-corrected chi connectivity index (χ0v) is 13.6. The summed E-state index contributed by atoms with van der Waals surface area (Å²) in [5.74, 6) is 0.795. The Balaban J connectivity index is 1.51. The molecule has 1 aromatic rings. The number of amides is 2. The Bertz CT molecular complexity index is 579. The number of anilines is 1. The molecule has 22 heavy (non-hydrogen) atoms. The second-order valence-electron chi connectivity index (χ2n) is 8.86. The number of urea groups is 1. The Morgan fingerprint density at radius 2 is 1.64 bits per heavy atom. The molecular formula is C19H26N2O. The molecule has 0 radical (unpaired) electrons. The molecule has 3 nitrogen and oxygen atoms in total. The van der Waals surface area contributed by atoms with Crippen LogP contribution < -0.4 is 10.6 Å². The minimum absolute atomic E-state index is 0.0157. The molecule has 2 N–H and O–H groups in total. The third-order valence-electron chi connectivity index (χ3n) is 6.04. The predicted molar refractivity (Wildman–Crippen MR) is 88.7 cm³/mol. The van der Waals surface area contributed by atoms with Crippen molar-refractivity contribution in [1.29, 1.82) is 0 Å². The summed E-state index contributed by atoms with van der Waals surface area (Å²) in [6.45, 7) is 4.86. The number of nitrogens with one attached hydrogen (secondary N) is 2. The van der Waals surface area contributed by atoms with Gasteiger partial charge in [0, 0.05) is 11.2 Å². The normalized spacial score (nSPS) is 42.2. The monoisotopic (exact) mass is 298 g/mol. The third kappa shape index (κ3) is 2.41. The molecule has 5 rings (SSSR count). The van der Waals surface area contributed by atoms with Gasteiger partial charge in [0.25, 0.3) is 0 Å². The Morgan fingerprint density at radius 1 is 1.00 bits per heavy atom. The minimum Gasteiger partial charge on any atom is -0.332 e. The van der Waals surface area contributed by atoms with E-state index in [0.29, 0.717) is 10.8 Å². The van der Waals surface area contributed by atoms with Crippen LogP contribution in [0.1, 0.15) is 52.4 Å². The smallest absolute Gasteiger partial charge is 0.319 e. The van der Waals surface area contributed by atoms with Crippen LogP contribution in [0.5, 0.6) is 0 Å². The quantitative estimate of drug-likeness (QED) is 0.826. The van der Waals surface area contributed by atoms with Crippen molar-refractivity contribution in [2.45, 2.75) is 57.9 Å². The van der Waals surface area contributed by atoms with Crippen LogP contribution in [0.3, 0.4) is 0 Å². The lowest BCUT2D eigenvalue weighted by Gasteiger charge is -2.65. The van der Waals surface area contributed by atoms with Gasteiger partial charge in [0.2, 0.25) is 0 Å². The highest BCUT2D eigenvalue weighted by Crippen LogP contribution is 2.66. The fourth-order valence-corrected chi connectivity index (χ4v) is 6.51. The maximum absolute atomic E-state index is 12.5. The van der Waals surface area contributed by atoms with Gasteiger partial charge in [-0.2, -0.15) is 0 Å². The molecule has 3 heteroatoms. The zero-order chi connectivity index (χ0) is 15.4. The molecule has 0 aliphatic heterocycles. The molecule has 0 heterocycles. The fraction of sp³-hybridized carbons (Fsp3) is 0.632. The largest absolute Gasteiger partial charge is 0.332 e. The Kier molecular flexibility index (Phi) is 2.88. The van der Waals surface area contributed by atoms with E-state index in [2.05, 4.69) is 24.5 Å². The van der Waals surface area contributed by atoms with E-state index >= 15 is 0 Å². The molecule has 4 bridgehead atoms. The summed E-state index contributed by atoms with van der Waals surface area (Å²) in [5.41, 5.74) is 1.73. The van der Waals surface area contributed by atoms with Crippen LogP contribution in [0.4, 0.5) is 10.5 Å². The Labute approximate surface area is 132 Å². The lowest BCUT2D eigenvalue weighted by atomic mass is 9.43. The van der Waals surface area contributed by atoms with E-state index in [1.807, 2.05) is 30.3 Å². The molecule has 0 saturated heterocycles. The number of rotatable bonds is 2. The molecule has 2 amide bonds. The summed E-state index contributed by atoms with van der Waals surface area (Å²) in [6, 6.07) is 9.68. The zero-order valence-electron chi connectivity index (χ0n) is 13.6. The van der Waals surface area contributed by atoms with Crippen molar-refractivity contribution < 1.29 is 4.79 Å². The van der Waals surface area contributed by atoms with Crippen molar-refractivity contribution in [1.82, 2.24) is 5.32 Å². The highest BCUT2D eigenvalue weighted by molar-refractivity contribution is 5.89. The van der Waals surface area contributed by atoms with E-state index in [0.717, 1.165) is 24.4 Å². The van der Waals surface area contributed by atoms with E-state index < -0.39 is 0 Å². The van der Waals surface area contributed by atoms with Gasteiger partial charge in [-0.25, -0.2) is 4.79 Å². The van der Waals surface area contributed by atoms with Crippen LogP contribution in [0.25, 0.3) is 0 Å². The molecule has 0 spiro atoms. The van der Waals surface area contributed by atoms with Gasteiger partial charge < -0.3 is 10.6 Å². The maximum Gasteiger partial charge on any atom is 0.319 e. The van der Waals surface area contributed by atoms with Crippen LogP contribution in [0, 0.1) is 16.7 Å². The van der Waals surface area contributed by atoms with E-state index in [9.17, 15) is 4.79 Å². The third-order valence-corrected chi connectivity index (χ3v) is 6.04. The van der Waals surface area contributed by atoms with E-state index in [1.165, 1.54) is 25.7 Å². The second kappa shape index (κ2) is 4.50.